The average Bonchev–Trinajstić information content (AvgIpc) is 3.01. The van der Waals surface area contributed by atoms with E-state index in [1.54, 1.807) is 62.0 Å². The molecule has 7 heteroatoms. The molecule has 2 aromatic carbocycles. The second-order valence-electron chi connectivity index (χ2n) is 7.12. The van der Waals surface area contributed by atoms with Crippen LogP contribution in [0.5, 0.6) is 5.75 Å². The van der Waals surface area contributed by atoms with Gasteiger partial charge in [0.25, 0.3) is 11.8 Å². The number of nitrogens with zero attached hydrogens (tertiary/aromatic N) is 2. The molecule has 6 nitrogen and oxygen atoms in total. The van der Waals surface area contributed by atoms with Gasteiger partial charge in [-0.15, -0.1) is 0 Å². The van der Waals surface area contributed by atoms with E-state index in [2.05, 4.69) is 10.3 Å². The smallest absolute Gasteiger partial charge is 0.278 e. The van der Waals surface area contributed by atoms with E-state index in [0.717, 1.165) is 11.1 Å². The van der Waals surface area contributed by atoms with Crippen LogP contribution in [0.3, 0.4) is 0 Å². The first-order valence-corrected chi connectivity index (χ1v) is 10.0. The molecule has 1 N–H and O–H groups in total. The van der Waals surface area contributed by atoms with Crippen molar-refractivity contribution in [1.82, 2.24) is 9.88 Å². The summed E-state index contributed by atoms with van der Waals surface area (Å²) in [7, 11) is 1.57. The monoisotopic (exact) mass is 433 g/mol. The SMILES string of the molecule is COc1ccc(C2=C(Nc3cc(Cl)ccc3C)C(=O)N(Cc3cccnc3)C2=O)cc1. The first-order valence-electron chi connectivity index (χ1n) is 9.65. The summed E-state index contributed by atoms with van der Waals surface area (Å²) in [5.74, 6) is -0.117. The van der Waals surface area contributed by atoms with Crippen LogP contribution in [0, 0.1) is 6.92 Å². The van der Waals surface area contributed by atoms with Gasteiger partial charge in [-0.1, -0.05) is 35.9 Å². The third-order valence-corrected chi connectivity index (χ3v) is 5.30. The zero-order valence-corrected chi connectivity index (χ0v) is 17.8. The maximum atomic E-state index is 13.4. The van der Waals surface area contributed by atoms with Crippen molar-refractivity contribution in [3.05, 3.63) is 94.4 Å². The van der Waals surface area contributed by atoms with E-state index in [1.807, 2.05) is 19.1 Å². The number of aryl methyl sites for hydroxylation is 1. The zero-order valence-electron chi connectivity index (χ0n) is 17.1. The van der Waals surface area contributed by atoms with Crippen LogP contribution in [-0.4, -0.2) is 28.8 Å². The van der Waals surface area contributed by atoms with Gasteiger partial charge < -0.3 is 10.1 Å². The fourth-order valence-corrected chi connectivity index (χ4v) is 3.57. The molecule has 0 spiro atoms. The predicted octanol–water partition coefficient (Wildman–Crippen LogP) is 4.44. The largest absolute Gasteiger partial charge is 0.497 e. The number of carbonyl (C=O) groups is 2. The number of aromatic nitrogens is 1. The minimum absolute atomic E-state index is 0.130. The Bertz CT molecular complexity index is 1170. The second-order valence-corrected chi connectivity index (χ2v) is 7.56. The summed E-state index contributed by atoms with van der Waals surface area (Å²) in [6.07, 6.45) is 3.28. The van der Waals surface area contributed by atoms with Crippen LogP contribution in [0.2, 0.25) is 5.02 Å². The highest BCUT2D eigenvalue weighted by Crippen LogP contribution is 2.33. The van der Waals surface area contributed by atoms with Crippen molar-refractivity contribution in [1.29, 1.82) is 0 Å². The Hall–Kier alpha value is -3.64. The number of halogens is 1. The Kier molecular flexibility index (Phi) is 5.73. The van der Waals surface area contributed by atoms with Gasteiger partial charge in [0.2, 0.25) is 0 Å². The number of hydrogen-bond acceptors (Lipinski definition) is 5. The molecule has 0 saturated carbocycles. The number of hydrogen-bond donors (Lipinski definition) is 1. The fraction of sp³-hybridized carbons (Fsp3) is 0.125. The van der Waals surface area contributed by atoms with E-state index in [4.69, 9.17) is 16.3 Å². The Morgan fingerprint density at radius 1 is 1.06 bits per heavy atom. The molecule has 31 heavy (non-hydrogen) atoms. The Labute approximate surface area is 185 Å². The number of carbonyl (C=O) groups excluding carboxylic acids is 2. The lowest BCUT2D eigenvalue weighted by molar-refractivity contribution is -0.137. The summed E-state index contributed by atoms with van der Waals surface area (Å²) in [6, 6.07) is 16.0. The fourth-order valence-electron chi connectivity index (χ4n) is 3.40. The quantitative estimate of drug-likeness (QED) is 0.582. The van der Waals surface area contributed by atoms with E-state index in [-0.39, 0.29) is 18.1 Å². The highest BCUT2D eigenvalue weighted by atomic mass is 35.5. The number of pyridine rings is 1. The Morgan fingerprint density at radius 3 is 2.52 bits per heavy atom. The summed E-state index contributed by atoms with van der Waals surface area (Å²) >= 11 is 6.15. The third-order valence-electron chi connectivity index (χ3n) is 5.07. The van der Waals surface area contributed by atoms with Gasteiger partial charge in [-0.2, -0.15) is 0 Å². The number of nitrogens with one attached hydrogen (secondary N) is 1. The first kappa shape index (κ1) is 20.6. The number of anilines is 1. The van der Waals surface area contributed by atoms with Crippen molar-refractivity contribution in [3.63, 3.8) is 0 Å². The molecule has 1 aromatic heterocycles. The molecule has 3 aromatic rings. The second kappa shape index (κ2) is 8.62. The van der Waals surface area contributed by atoms with E-state index in [1.165, 1.54) is 4.90 Å². The molecule has 156 valence electrons. The van der Waals surface area contributed by atoms with E-state index < -0.39 is 5.91 Å². The molecule has 1 aliphatic rings. The predicted molar refractivity (Wildman–Crippen MR) is 120 cm³/mol. The van der Waals surface area contributed by atoms with Gasteiger partial charge in [0.05, 0.1) is 19.2 Å². The molecule has 0 saturated heterocycles. The lowest BCUT2D eigenvalue weighted by Gasteiger charge is -2.15. The Morgan fingerprint density at radius 2 is 1.84 bits per heavy atom. The van der Waals surface area contributed by atoms with E-state index >= 15 is 0 Å². The van der Waals surface area contributed by atoms with Crippen LogP contribution in [0.15, 0.2) is 72.7 Å². The van der Waals surface area contributed by atoms with E-state index in [0.29, 0.717) is 27.6 Å². The van der Waals surface area contributed by atoms with Crippen LogP contribution in [0.1, 0.15) is 16.7 Å². The molecule has 0 atom stereocenters. The number of amides is 2. The number of ether oxygens (including phenoxy) is 1. The van der Waals surface area contributed by atoms with Gasteiger partial charge >= 0.3 is 0 Å². The number of benzene rings is 2. The number of rotatable bonds is 6. The van der Waals surface area contributed by atoms with Gasteiger partial charge in [-0.3, -0.25) is 19.5 Å². The average molecular weight is 434 g/mol. The molecular weight excluding hydrogens is 414 g/mol. The van der Waals surface area contributed by atoms with Crippen LogP contribution in [0.25, 0.3) is 5.57 Å². The summed E-state index contributed by atoms with van der Waals surface area (Å²) < 4.78 is 5.22. The summed E-state index contributed by atoms with van der Waals surface area (Å²) in [5.41, 5.74) is 3.46. The molecule has 0 unspecified atom stereocenters. The van der Waals surface area contributed by atoms with Gasteiger partial charge in [0.1, 0.15) is 11.4 Å². The Balaban J connectivity index is 1.77. The van der Waals surface area contributed by atoms with Gasteiger partial charge in [0, 0.05) is 23.1 Å². The zero-order chi connectivity index (χ0) is 22.0. The summed E-state index contributed by atoms with van der Waals surface area (Å²) in [5, 5.41) is 3.69. The molecule has 2 amide bonds. The summed E-state index contributed by atoms with van der Waals surface area (Å²) in [6.45, 7) is 2.03. The molecular formula is C24H20ClN3O3. The highest BCUT2D eigenvalue weighted by Gasteiger charge is 2.39. The van der Waals surface area contributed by atoms with Crippen molar-refractivity contribution in [2.24, 2.45) is 0 Å². The lowest BCUT2D eigenvalue weighted by Crippen LogP contribution is -2.32. The number of methoxy groups -OCH3 is 1. The first-order chi connectivity index (χ1) is 15.0. The maximum absolute atomic E-state index is 13.4. The van der Waals surface area contributed by atoms with Crippen molar-refractivity contribution in [2.75, 3.05) is 12.4 Å². The molecule has 4 rings (SSSR count). The van der Waals surface area contributed by atoms with Gasteiger partial charge in [-0.05, 0) is 53.9 Å². The van der Waals surface area contributed by atoms with Gasteiger partial charge in [-0.25, -0.2) is 0 Å². The van der Waals surface area contributed by atoms with Crippen molar-refractivity contribution in [3.8, 4) is 5.75 Å². The van der Waals surface area contributed by atoms with E-state index in [9.17, 15) is 9.59 Å². The van der Waals surface area contributed by atoms with Crippen LogP contribution in [-0.2, 0) is 16.1 Å². The van der Waals surface area contributed by atoms with Gasteiger partial charge in [0.15, 0.2) is 0 Å². The number of imide groups is 1. The van der Waals surface area contributed by atoms with Crippen molar-refractivity contribution < 1.29 is 14.3 Å². The minimum atomic E-state index is -0.404. The molecule has 0 fully saturated rings. The highest BCUT2D eigenvalue weighted by molar-refractivity contribution is 6.36. The normalized spacial score (nSPS) is 13.7. The molecule has 0 aliphatic carbocycles. The van der Waals surface area contributed by atoms with Crippen LogP contribution >= 0.6 is 11.6 Å². The minimum Gasteiger partial charge on any atom is -0.497 e. The topological polar surface area (TPSA) is 71.5 Å². The maximum Gasteiger partial charge on any atom is 0.278 e. The van der Waals surface area contributed by atoms with Crippen LogP contribution in [0.4, 0.5) is 5.69 Å². The molecule has 0 bridgehead atoms. The molecule has 0 radical (unpaired) electrons. The lowest BCUT2D eigenvalue weighted by atomic mass is 10.0. The third kappa shape index (κ3) is 4.15. The standard InChI is InChI=1S/C24H20ClN3O3/c1-15-5-8-18(25)12-20(15)27-22-21(17-6-9-19(31-2)10-7-17)23(29)28(24(22)30)14-16-4-3-11-26-13-16/h3-13,27H,14H2,1-2H3. The molecule has 1 aliphatic heterocycles. The van der Waals surface area contributed by atoms with Crippen LogP contribution < -0.4 is 10.1 Å². The van der Waals surface area contributed by atoms with Crippen molar-refractivity contribution in [2.45, 2.75) is 13.5 Å². The summed E-state index contributed by atoms with van der Waals surface area (Å²) in [4.78, 5) is 32.0. The van der Waals surface area contributed by atoms with Crippen molar-refractivity contribution >= 4 is 34.7 Å². The molecule has 2 heterocycles.